The predicted octanol–water partition coefficient (Wildman–Crippen LogP) is 1.93. The zero-order valence-corrected chi connectivity index (χ0v) is 14.2. The third kappa shape index (κ3) is 3.71. The summed E-state index contributed by atoms with van der Waals surface area (Å²) in [6, 6.07) is 3.13. The molecular formula is C15H23N3O3S. The minimum absolute atomic E-state index is 0.110. The highest BCUT2D eigenvalue weighted by Gasteiger charge is 2.37. The highest BCUT2D eigenvalue weighted by atomic mass is 32.2. The SMILES string of the molecule is C=S(C)(=O)N(C)c1cc(C(=O)O)cc(N[C@H](C)C2C[C@@H]2C)n1. The van der Waals surface area contributed by atoms with Crippen molar-refractivity contribution >= 4 is 33.2 Å². The summed E-state index contributed by atoms with van der Waals surface area (Å²) in [5.74, 6) is 4.65. The van der Waals surface area contributed by atoms with Crippen LogP contribution in [0.1, 0.15) is 30.6 Å². The van der Waals surface area contributed by atoms with Gasteiger partial charge in [0, 0.05) is 29.1 Å². The van der Waals surface area contributed by atoms with E-state index < -0.39 is 15.7 Å². The van der Waals surface area contributed by atoms with Crippen LogP contribution < -0.4 is 9.62 Å². The fraction of sp³-hybridized carbons (Fsp3) is 0.533. The van der Waals surface area contributed by atoms with Crippen molar-refractivity contribution in [2.75, 3.05) is 22.9 Å². The van der Waals surface area contributed by atoms with Crippen molar-refractivity contribution in [2.24, 2.45) is 11.8 Å². The van der Waals surface area contributed by atoms with Gasteiger partial charge in [-0.15, -0.1) is 0 Å². The van der Waals surface area contributed by atoms with E-state index in [9.17, 15) is 14.1 Å². The summed E-state index contributed by atoms with van der Waals surface area (Å²) in [5, 5.41) is 12.5. The topological polar surface area (TPSA) is 82.5 Å². The number of hydrogen-bond acceptors (Lipinski definition) is 4. The van der Waals surface area contributed by atoms with Crippen molar-refractivity contribution in [3.8, 4) is 0 Å². The van der Waals surface area contributed by atoms with E-state index in [4.69, 9.17) is 0 Å². The Labute approximate surface area is 131 Å². The smallest absolute Gasteiger partial charge is 0.335 e. The van der Waals surface area contributed by atoms with E-state index in [2.05, 4.69) is 30.0 Å². The minimum Gasteiger partial charge on any atom is -0.478 e. The normalized spacial score (nSPS) is 24.2. The Morgan fingerprint density at radius 3 is 2.64 bits per heavy atom. The molecule has 1 heterocycles. The Kier molecular flexibility index (Phi) is 4.37. The highest BCUT2D eigenvalue weighted by molar-refractivity contribution is 8.00. The molecule has 4 atom stereocenters. The maximum atomic E-state index is 12.1. The number of aromatic nitrogens is 1. The van der Waals surface area contributed by atoms with E-state index in [0.717, 1.165) is 0 Å². The van der Waals surface area contributed by atoms with Gasteiger partial charge in [-0.2, -0.15) is 0 Å². The van der Waals surface area contributed by atoms with Gasteiger partial charge in [0.15, 0.2) is 0 Å². The maximum Gasteiger partial charge on any atom is 0.335 e. The van der Waals surface area contributed by atoms with Crippen LogP contribution in [-0.2, 0) is 9.71 Å². The quantitative estimate of drug-likeness (QED) is 0.781. The number of anilines is 2. The highest BCUT2D eigenvalue weighted by Crippen LogP contribution is 2.41. The van der Waals surface area contributed by atoms with Crippen LogP contribution in [0.2, 0.25) is 0 Å². The minimum atomic E-state index is -2.51. The van der Waals surface area contributed by atoms with Crippen LogP contribution in [0.25, 0.3) is 0 Å². The van der Waals surface area contributed by atoms with Crippen LogP contribution in [0.3, 0.4) is 0 Å². The second-order valence-corrected chi connectivity index (χ2v) is 8.64. The third-order valence-electron chi connectivity index (χ3n) is 4.15. The Morgan fingerprint density at radius 2 is 2.18 bits per heavy atom. The van der Waals surface area contributed by atoms with E-state index in [1.165, 1.54) is 29.1 Å². The molecule has 0 saturated heterocycles. The van der Waals surface area contributed by atoms with Gasteiger partial charge < -0.3 is 10.4 Å². The molecule has 2 N–H and O–H groups in total. The molecule has 2 unspecified atom stereocenters. The van der Waals surface area contributed by atoms with Gasteiger partial charge >= 0.3 is 5.97 Å². The molecule has 0 aromatic carbocycles. The fourth-order valence-electron chi connectivity index (χ4n) is 2.46. The molecular weight excluding hydrogens is 302 g/mol. The number of aromatic carboxylic acids is 1. The molecule has 0 radical (unpaired) electrons. The van der Waals surface area contributed by atoms with E-state index in [1.807, 2.05) is 0 Å². The number of nitrogens with one attached hydrogen (secondary N) is 1. The first-order valence-corrected chi connectivity index (χ1v) is 9.27. The van der Waals surface area contributed by atoms with Crippen LogP contribution in [0.5, 0.6) is 0 Å². The first-order valence-electron chi connectivity index (χ1n) is 7.17. The van der Waals surface area contributed by atoms with Crippen molar-refractivity contribution in [1.29, 1.82) is 0 Å². The van der Waals surface area contributed by atoms with Crippen LogP contribution in [0, 0.1) is 11.8 Å². The molecule has 22 heavy (non-hydrogen) atoms. The second kappa shape index (κ2) is 5.79. The monoisotopic (exact) mass is 325 g/mol. The average Bonchev–Trinajstić information content (AvgIpc) is 3.13. The van der Waals surface area contributed by atoms with E-state index in [0.29, 0.717) is 23.5 Å². The van der Waals surface area contributed by atoms with Gasteiger partial charge in [-0.05, 0) is 43.2 Å². The summed E-state index contributed by atoms with van der Waals surface area (Å²) < 4.78 is 13.5. The average molecular weight is 325 g/mol. The second-order valence-electron chi connectivity index (χ2n) is 6.17. The zero-order chi connectivity index (χ0) is 16.7. The number of carbonyl (C=O) groups is 1. The first-order chi connectivity index (χ1) is 10.1. The Bertz CT molecular complexity index is 687. The van der Waals surface area contributed by atoms with Crippen molar-refractivity contribution in [2.45, 2.75) is 26.3 Å². The van der Waals surface area contributed by atoms with Gasteiger partial charge in [0.2, 0.25) is 0 Å². The number of carboxylic acids is 1. The number of hydrogen-bond donors (Lipinski definition) is 2. The van der Waals surface area contributed by atoms with Crippen molar-refractivity contribution in [3.63, 3.8) is 0 Å². The molecule has 6 nitrogen and oxygen atoms in total. The first kappa shape index (κ1) is 16.6. The fourth-order valence-corrected chi connectivity index (χ4v) is 2.95. The lowest BCUT2D eigenvalue weighted by atomic mass is 10.2. The zero-order valence-electron chi connectivity index (χ0n) is 13.4. The molecule has 1 aromatic rings. The van der Waals surface area contributed by atoms with Gasteiger partial charge in [-0.1, -0.05) is 6.92 Å². The molecule has 1 aliphatic rings. The number of carboxylic acid groups (broad SMARTS) is 1. The lowest BCUT2D eigenvalue weighted by Crippen LogP contribution is -2.27. The van der Waals surface area contributed by atoms with Gasteiger partial charge in [0.1, 0.15) is 11.6 Å². The van der Waals surface area contributed by atoms with Gasteiger partial charge in [0.25, 0.3) is 0 Å². The summed E-state index contributed by atoms with van der Waals surface area (Å²) in [4.78, 5) is 15.7. The lowest BCUT2D eigenvalue weighted by molar-refractivity contribution is 0.0697. The van der Waals surface area contributed by atoms with E-state index in [-0.39, 0.29) is 11.6 Å². The molecule has 122 valence electrons. The van der Waals surface area contributed by atoms with Gasteiger partial charge in [-0.25, -0.2) is 14.0 Å². The van der Waals surface area contributed by atoms with Gasteiger partial charge in [0.05, 0.1) is 5.56 Å². The molecule has 1 fully saturated rings. The molecule has 0 bridgehead atoms. The summed E-state index contributed by atoms with van der Waals surface area (Å²) in [6.07, 6.45) is 2.66. The van der Waals surface area contributed by atoms with Gasteiger partial charge in [-0.3, -0.25) is 4.31 Å². The number of nitrogens with zero attached hydrogens (tertiary/aromatic N) is 2. The van der Waals surface area contributed by atoms with Crippen LogP contribution in [-0.4, -0.2) is 45.5 Å². The number of rotatable bonds is 6. The Balaban J connectivity index is 2.33. The molecule has 2 rings (SSSR count). The van der Waals surface area contributed by atoms with Crippen LogP contribution in [0.15, 0.2) is 12.1 Å². The van der Waals surface area contributed by atoms with Crippen molar-refractivity contribution in [1.82, 2.24) is 4.98 Å². The lowest BCUT2D eigenvalue weighted by Gasteiger charge is -2.22. The predicted molar refractivity (Wildman–Crippen MR) is 91.1 cm³/mol. The Morgan fingerprint density at radius 1 is 1.59 bits per heavy atom. The molecule has 1 aromatic heterocycles. The molecule has 7 heteroatoms. The Hall–Kier alpha value is -1.76. The molecule has 1 aliphatic carbocycles. The van der Waals surface area contributed by atoms with Crippen molar-refractivity contribution < 1.29 is 14.1 Å². The van der Waals surface area contributed by atoms with Crippen molar-refractivity contribution in [3.05, 3.63) is 17.7 Å². The molecule has 0 amide bonds. The standard InChI is InChI=1S/C15H23N3O3S/c1-9-6-12(9)10(2)16-13-7-11(15(19)20)8-14(17-13)18(3)22(4,5)21/h7-10,12H,4,6H2,1-3,5H3,(H,16,17)(H,19,20)/t9-,10+,12?,22?/m0/s1. The summed E-state index contributed by atoms with van der Waals surface area (Å²) in [7, 11) is -0.910. The number of pyridine rings is 1. The van der Waals surface area contributed by atoms with Crippen LogP contribution in [0.4, 0.5) is 11.6 Å². The molecule has 0 aliphatic heterocycles. The maximum absolute atomic E-state index is 12.1. The third-order valence-corrected chi connectivity index (χ3v) is 5.50. The summed E-state index contributed by atoms with van der Waals surface area (Å²) in [5.41, 5.74) is 0.110. The molecule has 0 spiro atoms. The molecule has 1 saturated carbocycles. The van der Waals surface area contributed by atoms with E-state index >= 15 is 0 Å². The summed E-state index contributed by atoms with van der Waals surface area (Å²) in [6.45, 7) is 4.26. The van der Waals surface area contributed by atoms with E-state index in [1.54, 1.807) is 7.05 Å². The largest absolute Gasteiger partial charge is 0.478 e. The van der Waals surface area contributed by atoms with Crippen LogP contribution >= 0.6 is 0 Å². The summed E-state index contributed by atoms with van der Waals surface area (Å²) >= 11 is 0.